The summed E-state index contributed by atoms with van der Waals surface area (Å²) in [6, 6.07) is 4.57. The molecular formula is C13H17NOS. The predicted molar refractivity (Wildman–Crippen MR) is 68.1 cm³/mol. The molecule has 0 aromatic carbocycles. The van der Waals surface area contributed by atoms with Crippen molar-refractivity contribution in [2.24, 2.45) is 0 Å². The first-order valence-electron chi connectivity index (χ1n) is 5.41. The lowest BCUT2D eigenvalue weighted by molar-refractivity contribution is 0.528. The van der Waals surface area contributed by atoms with Gasteiger partial charge in [-0.15, -0.1) is 11.3 Å². The van der Waals surface area contributed by atoms with E-state index in [9.17, 15) is 0 Å². The van der Waals surface area contributed by atoms with Gasteiger partial charge in [-0.05, 0) is 45.5 Å². The molecule has 0 aliphatic rings. The Kier molecular flexibility index (Phi) is 3.17. The molecule has 2 rings (SSSR count). The molecule has 1 unspecified atom stereocenters. The summed E-state index contributed by atoms with van der Waals surface area (Å²) in [7, 11) is 1.99. The Morgan fingerprint density at radius 3 is 2.44 bits per heavy atom. The van der Waals surface area contributed by atoms with Crippen molar-refractivity contribution in [1.82, 2.24) is 5.32 Å². The fraction of sp³-hybridized carbons (Fsp3) is 0.385. The fourth-order valence-corrected chi connectivity index (χ4v) is 3.18. The maximum atomic E-state index is 5.38. The van der Waals surface area contributed by atoms with E-state index in [0.717, 1.165) is 5.76 Å². The summed E-state index contributed by atoms with van der Waals surface area (Å²) in [6.07, 6.45) is 1.84. The predicted octanol–water partition coefficient (Wildman–Crippen LogP) is 3.58. The Morgan fingerprint density at radius 1 is 1.25 bits per heavy atom. The van der Waals surface area contributed by atoms with Crippen LogP contribution in [0.5, 0.6) is 0 Å². The molecule has 2 aromatic rings. The van der Waals surface area contributed by atoms with Gasteiger partial charge in [0.2, 0.25) is 0 Å². The Hall–Kier alpha value is -1.06. The van der Waals surface area contributed by atoms with Crippen LogP contribution >= 0.6 is 11.3 Å². The molecule has 2 nitrogen and oxygen atoms in total. The van der Waals surface area contributed by atoms with Crippen molar-refractivity contribution in [3.63, 3.8) is 0 Å². The van der Waals surface area contributed by atoms with Crippen LogP contribution in [0.15, 0.2) is 22.8 Å². The van der Waals surface area contributed by atoms with Gasteiger partial charge in [-0.3, -0.25) is 0 Å². The van der Waals surface area contributed by atoms with Gasteiger partial charge in [0.15, 0.2) is 0 Å². The molecule has 2 heterocycles. The summed E-state index contributed by atoms with van der Waals surface area (Å²) in [4.78, 5) is 2.73. The molecule has 1 atom stereocenters. The van der Waals surface area contributed by atoms with Crippen LogP contribution < -0.4 is 5.32 Å². The van der Waals surface area contributed by atoms with Crippen LogP contribution in [0.3, 0.4) is 0 Å². The smallest absolute Gasteiger partial charge is 0.101 e. The minimum atomic E-state index is 0.246. The van der Waals surface area contributed by atoms with E-state index < -0.39 is 0 Å². The molecule has 0 saturated heterocycles. The maximum absolute atomic E-state index is 5.38. The molecule has 0 amide bonds. The molecule has 0 saturated carbocycles. The third-order valence-corrected chi connectivity index (χ3v) is 3.93. The topological polar surface area (TPSA) is 25.2 Å². The number of thiophene rings is 1. The highest BCUT2D eigenvalue weighted by Gasteiger charge is 2.18. The zero-order valence-electron chi connectivity index (χ0n) is 10.1. The second kappa shape index (κ2) is 4.44. The van der Waals surface area contributed by atoms with Crippen molar-refractivity contribution in [2.75, 3.05) is 7.05 Å². The van der Waals surface area contributed by atoms with Gasteiger partial charge in [0.05, 0.1) is 12.3 Å². The average Bonchev–Trinajstić information content (AvgIpc) is 2.76. The third-order valence-electron chi connectivity index (χ3n) is 2.71. The van der Waals surface area contributed by atoms with Crippen LogP contribution in [-0.4, -0.2) is 7.05 Å². The largest absolute Gasteiger partial charge is 0.469 e. The van der Waals surface area contributed by atoms with Crippen molar-refractivity contribution in [2.45, 2.75) is 26.8 Å². The van der Waals surface area contributed by atoms with Gasteiger partial charge in [-0.1, -0.05) is 0 Å². The zero-order chi connectivity index (χ0) is 11.7. The Balaban J connectivity index is 2.40. The Morgan fingerprint density at radius 2 is 2.00 bits per heavy atom. The van der Waals surface area contributed by atoms with Crippen molar-refractivity contribution >= 4 is 11.3 Å². The van der Waals surface area contributed by atoms with Crippen molar-refractivity contribution in [1.29, 1.82) is 0 Å². The quantitative estimate of drug-likeness (QED) is 0.879. The molecule has 86 valence electrons. The highest BCUT2D eigenvalue weighted by Crippen LogP contribution is 2.32. The Labute approximate surface area is 100 Å². The number of aryl methyl sites for hydroxylation is 3. The third kappa shape index (κ3) is 2.06. The van der Waals surface area contributed by atoms with Crippen molar-refractivity contribution < 1.29 is 4.42 Å². The molecule has 1 N–H and O–H groups in total. The van der Waals surface area contributed by atoms with Gasteiger partial charge in [-0.2, -0.15) is 0 Å². The summed E-state index contributed by atoms with van der Waals surface area (Å²) in [6.45, 7) is 6.29. The molecule has 0 radical (unpaired) electrons. The SMILES string of the molecule is CNC(c1coc(C)c1)c1sc(C)cc1C. The van der Waals surface area contributed by atoms with E-state index in [1.165, 1.54) is 20.9 Å². The standard InChI is InChI=1S/C13H17NOS/c1-8-5-10(3)16-13(8)12(14-4)11-6-9(2)15-7-11/h5-7,12,14H,1-4H3. The molecule has 16 heavy (non-hydrogen) atoms. The van der Waals surface area contributed by atoms with E-state index in [2.05, 4.69) is 31.3 Å². The molecule has 0 aliphatic carbocycles. The minimum Gasteiger partial charge on any atom is -0.469 e. The lowest BCUT2D eigenvalue weighted by Crippen LogP contribution is -2.16. The fourth-order valence-electron chi connectivity index (χ4n) is 2.01. The minimum absolute atomic E-state index is 0.246. The van der Waals surface area contributed by atoms with Gasteiger partial charge in [-0.25, -0.2) is 0 Å². The molecular weight excluding hydrogens is 218 g/mol. The van der Waals surface area contributed by atoms with Crippen LogP contribution in [0.2, 0.25) is 0 Å². The average molecular weight is 235 g/mol. The first kappa shape index (κ1) is 11.4. The van der Waals surface area contributed by atoms with Gasteiger partial charge in [0.1, 0.15) is 5.76 Å². The lowest BCUT2D eigenvalue weighted by Gasteiger charge is -2.13. The highest BCUT2D eigenvalue weighted by atomic mass is 32.1. The van der Waals surface area contributed by atoms with Crippen LogP contribution in [0.4, 0.5) is 0 Å². The number of hydrogen-bond donors (Lipinski definition) is 1. The number of nitrogens with one attached hydrogen (secondary N) is 1. The molecule has 0 aliphatic heterocycles. The first-order valence-corrected chi connectivity index (χ1v) is 6.22. The van der Waals surface area contributed by atoms with E-state index in [1.54, 1.807) is 0 Å². The highest BCUT2D eigenvalue weighted by molar-refractivity contribution is 7.12. The lowest BCUT2D eigenvalue weighted by atomic mass is 10.1. The summed E-state index contributed by atoms with van der Waals surface area (Å²) < 4.78 is 5.38. The van der Waals surface area contributed by atoms with Crippen LogP contribution in [0.25, 0.3) is 0 Å². The van der Waals surface area contributed by atoms with Crippen LogP contribution in [0.1, 0.15) is 32.7 Å². The number of hydrogen-bond acceptors (Lipinski definition) is 3. The summed E-state index contributed by atoms with van der Waals surface area (Å²) >= 11 is 1.85. The van der Waals surface area contributed by atoms with E-state index in [1.807, 2.05) is 31.6 Å². The normalized spacial score (nSPS) is 13.0. The second-order valence-electron chi connectivity index (χ2n) is 4.12. The van der Waals surface area contributed by atoms with Crippen molar-refractivity contribution in [3.05, 3.63) is 45.0 Å². The van der Waals surface area contributed by atoms with Crippen LogP contribution in [0, 0.1) is 20.8 Å². The van der Waals surface area contributed by atoms with Gasteiger partial charge in [0, 0.05) is 15.3 Å². The summed E-state index contributed by atoms with van der Waals surface area (Å²) in [5.41, 5.74) is 2.55. The van der Waals surface area contributed by atoms with E-state index in [4.69, 9.17) is 4.42 Å². The number of furan rings is 1. The maximum Gasteiger partial charge on any atom is 0.101 e. The van der Waals surface area contributed by atoms with E-state index >= 15 is 0 Å². The first-order chi connectivity index (χ1) is 7.61. The summed E-state index contributed by atoms with van der Waals surface area (Å²) in [5.74, 6) is 0.959. The molecule has 3 heteroatoms. The van der Waals surface area contributed by atoms with Gasteiger partial charge in [0.25, 0.3) is 0 Å². The van der Waals surface area contributed by atoms with Crippen LogP contribution in [-0.2, 0) is 0 Å². The monoisotopic (exact) mass is 235 g/mol. The van der Waals surface area contributed by atoms with Crippen molar-refractivity contribution in [3.8, 4) is 0 Å². The Bertz CT molecular complexity index is 484. The number of rotatable bonds is 3. The molecule has 0 bridgehead atoms. The van der Waals surface area contributed by atoms with Gasteiger partial charge >= 0.3 is 0 Å². The van der Waals surface area contributed by atoms with Gasteiger partial charge < -0.3 is 9.73 Å². The summed E-state index contributed by atoms with van der Waals surface area (Å²) in [5, 5.41) is 3.35. The zero-order valence-corrected chi connectivity index (χ0v) is 10.9. The van der Waals surface area contributed by atoms with E-state index in [0.29, 0.717) is 0 Å². The molecule has 0 spiro atoms. The molecule has 0 fully saturated rings. The van der Waals surface area contributed by atoms with E-state index in [-0.39, 0.29) is 6.04 Å². The molecule has 2 aromatic heterocycles. The second-order valence-corrected chi connectivity index (χ2v) is 5.40.